The molecule has 0 bridgehead atoms. The lowest BCUT2D eigenvalue weighted by Gasteiger charge is -2.41. The first-order chi connectivity index (χ1) is 11.7. The van der Waals surface area contributed by atoms with E-state index in [2.05, 4.69) is 14.8 Å². The monoisotopic (exact) mass is 329 g/mol. The van der Waals surface area contributed by atoms with Crippen LogP contribution in [0.1, 0.15) is 35.3 Å². The Morgan fingerprint density at radius 2 is 2.12 bits per heavy atom. The molecule has 3 aliphatic rings. The van der Waals surface area contributed by atoms with Gasteiger partial charge in [-0.2, -0.15) is 0 Å². The minimum Gasteiger partial charge on any atom is -0.381 e. The van der Waals surface area contributed by atoms with E-state index in [-0.39, 0.29) is 18.1 Å². The summed E-state index contributed by atoms with van der Waals surface area (Å²) in [6.45, 7) is 6.00. The van der Waals surface area contributed by atoms with E-state index in [1.165, 1.54) is 19.4 Å². The van der Waals surface area contributed by atoms with Crippen molar-refractivity contribution in [1.29, 1.82) is 0 Å². The molecule has 24 heavy (non-hydrogen) atoms. The highest BCUT2D eigenvalue weighted by atomic mass is 16.5. The molecule has 2 saturated heterocycles. The SMILES string of the molecule is CO[C@@H]1CCN(C(=O)c2ccc(C)cn2)[C@@H]2CN(CC3CC3)C[C@@H]21. The lowest BCUT2D eigenvalue weighted by Crippen LogP contribution is -2.53. The average molecular weight is 329 g/mol. The molecule has 1 saturated carbocycles. The zero-order valence-corrected chi connectivity index (χ0v) is 14.6. The lowest BCUT2D eigenvalue weighted by atomic mass is 9.88. The molecule has 0 spiro atoms. The van der Waals surface area contributed by atoms with Crippen LogP contribution < -0.4 is 0 Å². The molecule has 1 aromatic rings. The number of fused-ring (bicyclic) bond motifs is 1. The summed E-state index contributed by atoms with van der Waals surface area (Å²) >= 11 is 0. The summed E-state index contributed by atoms with van der Waals surface area (Å²) in [6, 6.07) is 4.08. The summed E-state index contributed by atoms with van der Waals surface area (Å²) in [5.41, 5.74) is 1.65. The molecule has 0 N–H and O–H groups in total. The zero-order valence-electron chi connectivity index (χ0n) is 14.6. The highest BCUT2D eigenvalue weighted by Crippen LogP contribution is 2.36. The maximum Gasteiger partial charge on any atom is 0.272 e. The Hall–Kier alpha value is -1.46. The smallest absolute Gasteiger partial charge is 0.272 e. The van der Waals surface area contributed by atoms with Crippen molar-refractivity contribution in [3.8, 4) is 0 Å². The number of ether oxygens (including phenoxy) is 1. The number of carbonyl (C=O) groups is 1. The highest BCUT2D eigenvalue weighted by molar-refractivity contribution is 5.92. The van der Waals surface area contributed by atoms with E-state index in [1.54, 1.807) is 6.20 Å². The molecule has 2 aliphatic heterocycles. The van der Waals surface area contributed by atoms with Crippen LogP contribution in [0.5, 0.6) is 0 Å². The third-order valence-electron chi connectivity index (χ3n) is 5.85. The number of aryl methyl sites for hydroxylation is 1. The van der Waals surface area contributed by atoms with Crippen LogP contribution in [0, 0.1) is 18.8 Å². The second kappa shape index (κ2) is 6.45. The molecular weight excluding hydrogens is 302 g/mol. The van der Waals surface area contributed by atoms with Crippen LogP contribution >= 0.6 is 0 Å². The molecule has 5 heteroatoms. The molecule has 3 heterocycles. The summed E-state index contributed by atoms with van der Waals surface area (Å²) in [5, 5.41) is 0. The van der Waals surface area contributed by atoms with Gasteiger partial charge in [-0.1, -0.05) is 6.07 Å². The van der Waals surface area contributed by atoms with Crippen molar-refractivity contribution in [3.63, 3.8) is 0 Å². The lowest BCUT2D eigenvalue weighted by molar-refractivity contribution is -0.0158. The molecule has 1 aliphatic carbocycles. The van der Waals surface area contributed by atoms with Crippen LogP contribution in [0.15, 0.2) is 18.3 Å². The number of aromatic nitrogens is 1. The number of methoxy groups -OCH3 is 1. The number of piperidine rings is 1. The van der Waals surface area contributed by atoms with Crippen LogP contribution in [-0.4, -0.2) is 66.1 Å². The zero-order chi connectivity index (χ0) is 16.7. The van der Waals surface area contributed by atoms with E-state index in [4.69, 9.17) is 4.74 Å². The van der Waals surface area contributed by atoms with Gasteiger partial charge in [0.25, 0.3) is 5.91 Å². The van der Waals surface area contributed by atoms with Gasteiger partial charge in [0, 0.05) is 45.4 Å². The molecule has 1 aromatic heterocycles. The van der Waals surface area contributed by atoms with E-state index in [0.29, 0.717) is 11.6 Å². The fourth-order valence-electron chi connectivity index (χ4n) is 4.34. The molecular formula is C19H27N3O2. The van der Waals surface area contributed by atoms with Gasteiger partial charge in [0.2, 0.25) is 0 Å². The summed E-state index contributed by atoms with van der Waals surface area (Å²) in [6.07, 6.45) is 5.72. The van der Waals surface area contributed by atoms with Gasteiger partial charge in [-0.15, -0.1) is 0 Å². The summed E-state index contributed by atoms with van der Waals surface area (Å²) < 4.78 is 5.74. The Balaban J connectivity index is 1.52. The number of rotatable bonds is 4. The quantitative estimate of drug-likeness (QED) is 0.847. The molecule has 3 fully saturated rings. The van der Waals surface area contributed by atoms with Gasteiger partial charge >= 0.3 is 0 Å². The van der Waals surface area contributed by atoms with Gasteiger partial charge in [0.15, 0.2) is 0 Å². The minimum atomic E-state index is 0.0767. The summed E-state index contributed by atoms with van der Waals surface area (Å²) in [4.78, 5) is 22.0. The van der Waals surface area contributed by atoms with Crippen molar-refractivity contribution in [2.24, 2.45) is 11.8 Å². The van der Waals surface area contributed by atoms with Crippen LogP contribution in [-0.2, 0) is 4.74 Å². The number of nitrogens with zero attached hydrogens (tertiary/aromatic N) is 3. The third-order valence-corrected chi connectivity index (χ3v) is 5.85. The largest absolute Gasteiger partial charge is 0.381 e. The molecule has 130 valence electrons. The Kier molecular flexibility index (Phi) is 4.31. The standard InChI is InChI=1S/C19H27N3O2/c1-13-3-6-16(20-9-13)19(23)22-8-7-18(24-2)15-11-21(12-17(15)22)10-14-4-5-14/h3,6,9,14-15,17-18H,4-5,7-8,10-12H2,1-2H3/t15-,17+,18+/m0/s1. The number of likely N-dealkylation sites (tertiary alicyclic amines) is 2. The summed E-state index contributed by atoms with van der Waals surface area (Å²) in [7, 11) is 1.81. The molecule has 4 rings (SSSR count). The molecule has 3 atom stereocenters. The van der Waals surface area contributed by atoms with Crippen molar-refractivity contribution in [2.45, 2.75) is 38.3 Å². The first-order valence-corrected chi connectivity index (χ1v) is 9.14. The maximum absolute atomic E-state index is 13.0. The Labute approximate surface area is 144 Å². The predicted octanol–water partition coefficient (Wildman–Crippen LogP) is 1.96. The normalized spacial score (nSPS) is 30.4. The Morgan fingerprint density at radius 3 is 2.79 bits per heavy atom. The van der Waals surface area contributed by atoms with Crippen molar-refractivity contribution in [2.75, 3.05) is 33.3 Å². The Bertz CT molecular complexity index is 599. The van der Waals surface area contributed by atoms with Crippen molar-refractivity contribution in [1.82, 2.24) is 14.8 Å². The number of hydrogen-bond acceptors (Lipinski definition) is 4. The summed E-state index contributed by atoms with van der Waals surface area (Å²) in [5.74, 6) is 1.39. The van der Waals surface area contributed by atoms with Crippen LogP contribution in [0.4, 0.5) is 0 Å². The number of carbonyl (C=O) groups excluding carboxylic acids is 1. The topological polar surface area (TPSA) is 45.7 Å². The fourth-order valence-corrected chi connectivity index (χ4v) is 4.34. The number of pyridine rings is 1. The first-order valence-electron chi connectivity index (χ1n) is 9.14. The molecule has 0 unspecified atom stereocenters. The molecule has 0 aromatic carbocycles. The highest BCUT2D eigenvalue weighted by Gasteiger charge is 2.46. The van der Waals surface area contributed by atoms with Gasteiger partial charge in [0.1, 0.15) is 5.69 Å². The minimum absolute atomic E-state index is 0.0767. The maximum atomic E-state index is 13.0. The van der Waals surface area contributed by atoms with Gasteiger partial charge in [0.05, 0.1) is 12.1 Å². The van der Waals surface area contributed by atoms with E-state index >= 15 is 0 Å². The van der Waals surface area contributed by atoms with Crippen molar-refractivity contribution in [3.05, 3.63) is 29.6 Å². The van der Waals surface area contributed by atoms with Crippen LogP contribution in [0.25, 0.3) is 0 Å². The first kappa shape index (κ1) is 16.0. The number of amides is 1. The average Bonchev–Trinajstić information content (AvgIpc) is 3.30. The second-order valence-corrected chi connectivity index (χ2v) is 7.68. The van der Waals surface area contributed by atoms with E-state index in [9.17, 15) is 4.79 Å². The van der Waals surface area contributed by atoms with Crippen LogP contribution in [0.3, 0.4) is 0 Å². The Morgan fingerprint density at radius 1 is 1.29 bits per heavy atom. The third kappa shape index (κ3) is 3.07. The van der Waals surface area contributed by atoms with E-state index in [1.807, 2.05) is 26.2 Å². The predicted molar refractivity (Wildman–Crippen MR) is 91.9 cm³/mol. The fraction of sp³-hybridized carbons (Fsp3) is 0.684. The van der Waals surface area contributed by atoms with Gasteiger partial charge in [-0.25, -0.2) is 0 Å². The van der Waals surface area contributed by atoms with Crippen molar-refractivity contribution < 1.29 is 9.53 Å². The van der Waals surface area contributed by atoms with E-state index in [0.717, 1.165) is 37.5 Å². The van der Waals surface area contributed by atoms with Gasteiger partial charge < -0.3 is 14.5 Å². The van der Waals surface area contributed by atoms with Crippen LogP contribution in [0.2, 0.25) is 0 Å². The second-order valence-electron chi connectivity index (χ2n) is 7.68. The van der Waals surface area contributed by atoms with Gasteiger partial charge in [-0.3, -0.25) is 9.78 Å². The van der Waals surface area contributed by atoms with E-state index < -0.39 is 0 Å². The molecule has 0 radical (unpaired) electrons. The molecule has 1 amide bonds. The number of hydrogen-bond donors (Lipinski definition) is 0. The van der Waals surface area contributed by atoms with Gasteiger partial charge in [-0.05, 0) is 43.7 Å². The van der Waals surface area contributed by atoms with Crippen molar-refractivity contribution >= 4 is 5.91 Å². The molecule has 5 nitrogen and oxygen atoms in total.